The minimum Gasteiger partial charge on any atom is -0.379 e. The molecule has 1 aromatic carbocycles. The smallest absolute Gasteiger partial charge is 0.0594 e. The van der Waals surface area contributed by atoms with E-state index in [1.54, 1.807) is 6.07 Å². The van der Waals surface area contributed by atoms with E-state index in [1.165, 1.54) is 0 Å². The van der Waals surface area contributed by atoms with Crippen molar-refractivity contribution in [2.75, 3.05) is 32.8 Å². The molecule has 1 unspecified atom stereocenters. The van der Waals surface area contributed by atoms with Crippen LogP contribution in [-0.2, 0) is 4.74 Å². The Balaban J connectivity index is 2.24. The third-order valence-electron chi connectivity index (χ3n) is 3.03. The maximum Gasteiger partial charge on any atom is 0.0594 e. The number of benzene rings is 1. The van der Waals surface area contributed by atoms with Gasteiger partial charge in [0.2, 0.25) is 0 Å². The van der Waals surface area contributed by atoms with Crippen LogP contribution in [0.2, 0.25) is 10.0 Å². The molecule has 5 heteroatoms. The SMILES string of the molecule is NCC(c1cc(Cl)ccc1Cl)N1CCOCC1. The van der Waals surface area contributed by atoms with Crippen LogP contribution < -0.4 is 5.73 Å². The fourth-order valence-corrected chi connectivity index (χ4v) is 2.56. The van der Waals surface area contributed by atoms with Gasteiger partial charge in [0, 0.05) is 35.7 Å². The lowest BCUT2D eigenvalue weighted by Gasteiger charge is -2.34. The minimum atomic E-state index is 0.116. The summed E-state index contributed by atoms with van der Waals surface area (Å²) in [7, 11) is 0. The van der Waals surface area contributed by atoms with Gasteiger partial charge in [-0.15, -0.1) is 0 Å². The minimum absolute atomic E-state index is 0.116. The van der Waals surface area contributed by atoms with Crippen molar-refractivity contribution in [3.63, 3.8) is 0 Å². The number of rotatable bonds is 3. The van der Waals surface area contributed by atoms with Crippen molar-refractivity contribution in [2.24, 2.45) is 5.73 Å². The summed E-state index contributed by atoms with van der Waals surface area (Å²) < 4.78 is 5.34. The average Bonchev–Trinajstić information content (AvgIpc) is 2.36. The van der Waals surface area contributed by atoms with Crippen molar-refractivity contribution in [2.45, 2.75) is 6.04 Å². The van der Waals surface area contributed by atoms with Crippen LogP contribution in [0.3, 0.4) is 0 Å². The summed E-state index contributed by atoms with van der Waals surface area (Å²) in [6.07, 6.45) is 0. The lowest BCUT2D eigenvalue weighted by molar-refractivity contribution is 0.0179. The van der Waals surface area contributed by atoms with E-state index in [1.807, 2.05) is 12.1 Å². The van der Waals surface area contributed by atoms with Crippen LogP contribution in [0.1, 0.15) is 11.6 Å². The fraction of sp³-hybridized carbons (Fsp3) is 0.500. The molecule has 17 heavy (non-hydrogen) atoms. The molecule has 1 aliphatic rings. The molecule has 3 nitrogen and oxygen atoms in total. The molecule has 1 aliphatic heterocycles. The number of nitrogens with two attached hydrogens (primary N) is 1. The fourth-order valence-electron chi connectivity index (χ4n) is 2.13. The number of hydrogen-bond donors (Lipinski definition) is 1. The van der Waals surface area contributed by atoms with Crippen molar-refractivity contribution >= 4 is 23.2 Å². The quantitative estimate of drug-likeness (QED) is 0.920. The molecule has 0 aromatic heterocycles. The molecule has 1 aromatic rings. The average molecular weight is 275 g/mol. The highest BCUT2D eigenvalue weighted by Crippen LogP contribution is 2.29. The summed E-state index contributed by atoms with van der Waals surface area (Å²) in [5.41, 5.74) is 6.87. The molecule has 94 valence electrons. The van der Waals surface area contributed by atoms with Crippen molar-refractivity contribution in [1.82, 2.24) is 4.90 Å². The second-order valence-electron chi connectivity index (χ2n) is 4.07. The Morgan fingerprint density at radius 3 is 2.65 bits per heavy atom. The molecule has 0 amide bonds. The first kappa shape index (κ1) is 13.1. The third-order valence-corrected chi connectivity index (χ3v) is 3.61. The number of hydrogen-bond acceptors (Lipinski definition) is 3. The molecule has 1 atom stereocenters. The highest BCUT2D eigenvalue weighted by molar-refractivity contribution is 6.33. The van der Waals surface area contributed by atoms with Gasteiger partial charge in [-0.25, -0.2) is 0 Å². The summed E-state index contributed by atoms with van der Waals surface area (Å²) in [5.74, 6) is 0. The highest BCUT2D eigenvalue weighted by atomic mass is 35.5. The van der Waals surface area contributed by atoms with E-state index in [9.17, 15) is 0 Å². The van der Waals surface area contributed by atoms with Gasteiger partial charge in [0.15, 0.2) is 0 Å². The lowest BCUT2D eigenvalue weighted by Crippen LogP contribution is -2.41. The topological polar surface area (TPSA) is 38.5 Å². The maximum absolute atomic E-state index is 6.22. The second kappa shape index (κ2) is 6.03. The van der Waals surface area contributed by atoms with E-state index in [0.29, 0.717) is 11.6 Å². The molecule has 2 rings (SSSR count). The molecule has 0 saturated carbocycles. The molecule has 0 radical (unpaired) electrons. The Bertz CT molecular complexity index is 381. The Morgan fingerprint density at radius 1 is 1.29 bits per heavy atom. The maximum atomic E-state index is 6.22. The summed E-state index contributed by atoms with van der Waals surface area (Å²) in [6, 6.07) is 5.63. The summed E-state index contributed by atoms with van der Waals surface area (Å²) in [5, 5.41) is 1.41. The first-order valence-corrected chi connectivity index (χ1v) is 6.45. The Hall–Kier alpha value is -0.320. The number of morpholine rings is 1. The Morgan fingerprint density at radius 2 is 2.00 bits per heavy atom. The van der Waals surface area contributed by atoms with Crippen LogP contribution >= 0.6 is 23.2 Å². The van der Waals surface area contributed by atoms with Gasteiger partial charge >= 0.3 is 0 Å². The van der Waals surface area contributed by atoms with Crippen molar-refractivity contribution < 1.29 is 4.74 Å². The molecular weight excluding hydrogens is 259 g/mol. The summed E-state index contributed by atoms with van der Waals surface area (Å²) in [4.78, 5) is 2.29. The van der Waals surface area contributed by atoms with Crippen molar-refractivity contribution in [1.29, 1.82) is 0 Å². The van der Waals surface area contributed by atoms with E-state index < -0.39 is 0 Å². The molecular formula is C12H16Cl2N2O. The summed E-state index contributed by atoms with van der Waals surface area (Å²) in [6.45, 7) is 3.78. The van der Waals surface area contributed by atoms with Gasteiger partial charge < -0.3 is 10.5 Å². The van der Waals surface area contributed by atoms with Gasteiger partial charge in [-0.3, -0.25) is 4.90 Å². The van der Waals surface area contributed by atoms with Crippen LogP contribution in [-0.4, -0.2) is 37.7 Å². The van der Waals surface area contributed by atoms with Crippen molar-refractivity contribution in [3.8, 4) is 0 Å². The van der Waals surface area contributed by atoms with Gasteiger partial charge in [-0.1, -0.05) is 23.2 Å². The monoisotopic (exact) mass is 274 g/mol. The Kier molecular flexibility index (Phi) is 4.65. The van der Waals surface area contributed by atoms with E-state index in [-0.39, 0.29) is 6.04 Å². The summed E-state index contributed by atoms with van der Waals surface area (Å²) >= 11 is 12.2. The van der Waals surface area contributed by atoms with E-state index >= 15 is 0 Å². The second-order valence-corrected chi connectivity index (χ2v) is 4.91. The normalized spacial score (nSPS) is 19.2. The predicted molar refractivity (Wildman–Crippen MR) is 70.6 cm³/mol. The van der Waals surface area contributed by atoms with E-state index in [0.717, 1.165) is 36.9 Å². The number of nitrogens with zero attached hydrogens (tertiary/aromatic N) is 1. The zero-order valence-electron chi connectivity index (χ0n) is 9.53. The standard InChI is InChI=1S/C12H16Cl2N2O/c13-9-1-2-11(14)10(7-9)12(8-15)16-3-5-17-6-4-16/h1-2,7,12H,3-6,8,15H2. The van der Waals surface area contributed by atoms with Gasteiger partial charge in [0.25, 0.3) is 0 Å². The largest absolute Gasteiger partial charge is 0.379 e. The molecule has 1 heterocycles. The van der Waals surface area contributed by atoms with Crippen LogP contribution in [0, 0.1) is 0 Å². The van der Waals surface area contributed by atoms with E-state index in [4.69, 9.17) is 33.7 Å². The van der Waals surface area contributed by atoms with Gasteiger partial charge in [-0.05, 0) is 23.8 Å². The van der Waals surface area contributed by atoms with E-state index in [2.05, 4.69) is 4.90 Å². The van der Waals surface area contributed by atoms with Gasteiger partial charge in [-0.2, -0.15) is 0 Å². The number of ether oxygens (including phenoxy) is 1. The molecule has 1 fully saturated rings. The van der Waals surface area contributed by atoms with Gasteiger partial charge in [0.1, 0.15) is 0 Å². The molecule has 1 saturated heterocycles. The van der Waals surface area contributed by atoms with Crippen LogP contribution in [0.15, 0.2) is 18.2 Å². The zero-order chi connectivity index (χ0) is 12.3. The molecule has 2 N–H and O–H groups in total. The van der Waals surface area contributed by atoms with Crippen LogP contribution in [0.5, 0.6) is 0 Å². The first-order chi connectivity index (χ1) is 8.22. The third kappa shape index (κ3) is 3.12. The predicted octanol–water partition coefficient (Wildman–Crippen LogP) is 2.33. The number of halogens is 2. The van der Waals surface area contributed by atoms with Gasteiger partial charge in [0.05, 0.1) is 13.2 Å². The van der Waals surface area contributed by atoms with Crippen molar-refractivity contribution in [3.05, 3.63) is 33.8 Å². The molecule has 0 bridgehead atoms. The first-order valence-electron chi connectivity index (χ1n) is 5.69. The molecule has 0 aliphatic carbocycles. The highest BCUT2D eigenvalue weighted by Gasteiger charge is 2.23. The van der Waals surface area contributed by atoms with Crippen LogP contribution in [0.25, 0.3) is 0 Å². The van der Waals surface area contributed by atoms with Crippen LogP contribution in [0.4, 0.5) is 0 Å². The zero-order valence-corrected chi connectivity index (χ0v) is 11.0. The molecule has 0 spiro atoms. The Labute approximate surface area is 111 Å². The lowest BCUT2D eigenvalue weighted by atomic mass is 10.0.